The van der Waals surface area contributed by atoms with Gasteiger partial charge in [0.15, 0.2) is 0 Å². The molecule has 1 aliphatic rings. The average molecular weight is 373 g/mol. The summed E-state index contributed by atoms with van der Waals surface area (Å²) in [5.74, 6) is -0.209. The molecule has 0 unspecified atom stereocenters. The number of fused-ring (bicyclic) bond motifs is 1. The highest BCUT2D eigenvalue weighted by molar-refractivity contribution is 7.87. The van der Waals surface area contributed by atoms with Crippen molar-refractivity contribution in [1.82, 2.24) is 14.3 Å². The largest absolute Gasteiger partial charge is 0.351 e. The highest BCUT2D eigenvalue weighted by Gasteiger charge is 2.25. The molecule has 26 heavy (non-hydrogen) atoms. The van der Waals surface area contributed by atoms with E-state index in [0.29, 0.717) is 25.1 Å². The normalized spacial score (nSPS) is 14.7. The van der Waals surface area contributed by atoms with Crippen LogP contribution in [0.1, 0.15) is 27.0 Å². The Labute approximate surface area is 154 Å². The molecule has 3 rings (SSSR count). The molecule has 7 heteroatoms. The summed E-state index contributed by atoms with van der Waals surface area (Å²) in [5.41, 5.74) is 3.81. The van der Waals surface area contributed by atoms with Gasteiger partial charge in [-0.15, -0.1) is 0 Å². The van der Waals surface area contributed by atoms with Crippen molar-refractivity contribution in [3.05, 3.63) is 70.8 Å². The van der Waals surface area contributed by atoms with Crippen LogP contribution in [0.25, 0.3) is 0 Å². The van der Waals surface area contributed by atoms with Gasteiger partial charge in [-0.25, -0.2) is 4.72 Å². The van der Waals surface area contributed by atoms with Crippen LogP contribution < -0.4 is 10.0 Å². The number of hydrogen-bond acceptors (Lipinski definition) is 3. The first-order chi connectivity index (χ1) is 12.5. The van der Waals surface area contributed by atoms with Gasteiger partial charge >= 0.3 is 0 Å². The van der Waals surface area contributed by atoms with Crippen molar-refractivity contribution in [3.63, 3.8) is 0 Å². The maximum absolute atomic E-state index is 12.5. The molecular weight excluding hydrogens is 350 g/mol. The van der Waals surface area contributed by atoms with Crippen molar-refractivity contribution in [2.75, 3.05) is 19.6 Å². The summed E-state index contributed by atoms with van der Waals surface area (Å²) >= 11 is 0. The third-order valence-corrected chi connectivity index (χ3v) is 5.97. The first-order valence-electron chi connectivity index (χ1n) is 8.62. The van der Waals surface area contributed by atoms with Crippen LogP contribution in [-0.2, 0) is 23.2 Å². The number of amides is 1. The Bertz CT molecular complexity index is 896. The maximum atomic E-state index is 12.5. The van der Waals surface area contributed by atoms with Gasteiger partial charge in [0.05, 0.1) is 0 Å². The van der Waals surface area contributed by atoms with E-state index in [1.54, 1.807) is 12.1 Å². The molecule has 0 spiro atoms. The van der Waals surface area contributed by atoms with Gasteiger partial charge in [0.2, 0.25) is 0 Å². The van der Waals surface area contributed by atoms with E-state index in [2.05, 4.69) is 10.0 Å². The molecule has 0 bridgehead atoms. The third kappa shape index (κ3) is 4.49. The molecule has 2 aromatic rings. The number of nitrogens with zero attached hydrogens (tertiary/aromatic N) is 1. The van der Waals surface area contributed by atoms with Crippen molar-refractivity contribution >= 4 is 16.1 Å². The standard InChI is InChI=1S/C19H23N3O3S/c1-15-5-4-8-17(13-15)19(23)20-10-11-21-26(24,25)22-12-9-16-6-2-3-7-18(16)14-22/h2-8,13,21H,9-12,14H2,1H3,(H,20,23). The van der Waals surface area contributed by atoms with E-state index < -0.39 is 10.2 Å². The average Bonchev–Trinajstić information content (AvgIpc) is 2.64. The molecule has 6 nitrogen and oxygen atoms in total. The Balaban J connectivity index is 1.49. The van der Waals surface area contributed by atoms with E-state index in [0.717, 1.165) is 11.1 Å². The highest BCUT2D eigenvalue weighted by atomic mass is 32.2. The first kappa shape index (κ1) is 18.6. The van der Waals surface area contributed by atoms with Crippen LogP contribution in [0.3, 0.4) is 0 Å². The Hall–Kier alpha value is -2.22. The molecule has 0 fully saturated rings. The molecule has 2 N–H and O–H groups in total. The second kappa shape index (κ2) is 7.99. The highest BCUT2D eigenvalue weighted by Crippen LogP contribution is 2.20. The van der Waals surface area contributed by atoms with E-state index in [1.807, 2.05) is 43.3 Å². The Morgan fingerprint density at radius 2 is 1.85 bits per heavy atom. The zero-order valence-corrected chi connectivity index (χ0v) is 15.6. The monoisotopic (exact) mass is 373 g/mol. The van der Waals surface area contributed by atoms with E-state index >= 15 is 0 Å². The van der Waals surface area contributed by atoms with Crippen molar-refractivity contribution in [3.8, 4) is 0 Å². The molecule has 0 saturated carbocycles. The summed E-state index contributed by atoms with van der Waals surface area (Å²) in [6, 6.07) is 15.2. The van der Waals surface area contributed by atoms with Crippen LogP contribution in [0, 0.1) is 6.92 Å². The fraction of sp³-hybridized carbons (Fsp3) is 0.316. The number of hydrogen-bond donors (Lipinski definition) is 2. The minimum atomic E-state index is -3.56. The molecule has 0 aliphatic carbocycles. The lowest BCUT2D eigenvalue weighted by Crippen LogP contribution is -2.45. The minimum Gasteiger partial charge on any atom is -0.351 e. The number of carbonyl (C=O) groups excluding carboxylic acids is 1. The fourth-order valence-electron chi connectivity index (χ4n) is 3.01. The molecule has 0 aromatic heterocycles. The third-order valence-electron chi connectivity index (χ3n) is 4.41. The van der Waals surface area contributed by atoms with E-state index in [1.165, 1.54) is 9.87 Å². The zero-order chi connectivity index (χ0) is 18.6. The number of nitrogens with one attached hydrogen (secondary N) is 2. The lowest BCUT2D eigenvalue weighted by atomic mass is 10.0. The number of carbonyl (C=O) groups is 1. The number of rotatable bonds is 6. The second-order valence-electron chi connectivity index (χ2n) is 6.38. The van der Waals surface area contributed by atoms with Crippen molar-refractivity contribution in [2.45, 2.75) is 19.9 Å². The molecule has 1 amide bonds. The minimum absolute atomic E-state index is 0.151. The van der Waals surface area contributed by atoms with Crippen molar-refractivity contribution in [1.29, 1.82) is 0 Å². The van der Waals surface area contributed by atoms with Gasteiger partial charge in [-0.05, 0) is 36.6 Å². The fourth-order valence-corrected chi connectivity index (χ4v) is 4.19. The zero-order valence-electron chi connectivity index (χ0n) is 14.7. The molecule has 0 atom stereocenters. The van der Waals surface area contributed by atoms with Crippen LogP contribution >= 0.6 is 0 Å². The van der Waals surface area contributed by atoms with Gasteiger partial charge in [-0.3, -0.25) is 4.79 Å². The smallest absolute Gasteiger partial charge is 0.279 e. The topological polar surface area (TPSA) is 78.5 Å². The van der Waals surface area contributed by atoms with Crippen LogP contribution in [0.2, 0.25) is 0 Å². The van der Waals surface area contributed by atoms with Gasteiger partial charge < -0.3 is 5.32 Å². The molecule has 0 radical (unpaired) electrons. The SMILES string of the molecule is Cc1cccc(C(=O)NCCNS(=O)(=O)N2CCc3ccccc3C2)c1. The van der Waals surface area contributed by atoms with Crippen LogP contribution in [0.5, 0.6) is 0 Å². The molecule has 2 aromatic carbocycles. The molecule has 138 valence electrons. The first-order valence-corrected chi connectivity index (χ1v) is 10.1. The Morgan fingerprint density at radius 3 is 2.62 bits per heavy atom. The summed E-state index contributed by atoms with van der Waals surface area (Å²) in [6.07, 6.45) is 0.710. The van der Waals surface area contributed by atoms with E-state index in [-0.39, 0.29) is 19.0 Å². The molecule has 1 aliphatic heterocycles. The van der Waals surface area contributed by atoms with Crippen LogP contribution in [0.15, 0.2) is 48.5 Å². The second-order valence-corrected chi connectivity index (χ2v) is 8.13. The summed E-state index contributed by atoms with van der Waals surface area (Å²) in [7, 11) is -3.56. The van der Waals surface area contributed by atoms with Gasteiger partial charge in [-0.2, -0.15) is 12.7 Å². The van der Waals surface area contributed by atoms with E-state index in [4.69, 9.17) is 0 Å². The number of benzene rings is 2. The van der Waals surface area contributed by atoms with E-state index in [9.17, 15) is 13.2 Å². The molecular formula is C19H23N3O3S. The van der Waals surface area contributed by atoms with Crippen LogP contribution in [-0.4, -0.2) is 38.3 Å². The Kier molecular flexibility index (Phi) is 5.70. The van der Waals surface area contributed by atoms with Crippen LogP contribution in [0.4, 0.5) is 0 Å². The summed E-state index contributed by atoms with van der Waals surface area (Å²) in [5, 5.41) is 2.73. The van der Waals surface area contributed by atoms with Gasteiger partial charge in [-0.1, -0.05) is 42.0 Å². The van der Waals surface area contributed by atoms with Gasteiger partial charge in [0.25, 0.3) is 16.1 Å². The summed E-state index contributed by atoms with van der Waals surface area (Å²) in [6.45, 7) is 3.14. The summed E-state index contributed by atoms with van der Waals surface area (Å²) < 4.78 is 28.9. The lowest BCUT2D eigenvalue weighted by Gasteiger charge is -2.28. The maximum Gasteiger partial charge on any atom is 0.279 e. The van der Waals surface area contributed by atoms with Gasteiger partial charge in [0, 0.05) is 31.7 Å². The lowest BCUT2D eigenvalue weighted by molar-refractivity contribution is 0.0954. The molecule has 1 heterocycles. The predicted octanol–water partition coefficient (Wildman–Crippen LogP) is 1.62. The van der Waals surface area contributed by atoms with Gasteiger partial charge in [0.1, 0.15) is 0 Å². The summed E-state index contributed by atoms with van der Waals surface area (Å²) in [4.78, 5) is 12.1. The number of aryl methyl sites for hydroxylation is 1. The van der Waals surface area contributed by atoms with Crippen molar-refractivity contribution < 1.29 is 13.2 Å². The predicted molar refractivity (Wildman–Crippen MR) is 101 cm³/mol. The molecule has 0 saturated heterocycles. The van der Waals surface area contributed by atoms with Crippen molar-refractivity contribution in [2.24, 2.45) is 0 Å². The Morgan fingerprint density at radius 1 is 1.08 bits per heavy atom. The quantitative estimate of drug-likeness (QED) is 0.755.